The fraction of sp³-hybridized carbons (Fsp3) is 0.286. The molecule has 0 radical (unpaired) electrons. The van der Waals surface area contributed by atoms with Crippen molar-refractivity contribution in [2.24, 2.45) is 0 Å². The fourth-order valence-corrected chi connectivity index (χ4v) is 3.01. The number of fused-ring (bicyclic) bond motifs is 1. The molecule has 0 saturated carbocycles. The summed E-state index contributed by atoms with van der Waals surface area (Å²) in [5, 5.41) is 19.5. The lowest BCUT2D eigenvalue weighted by molar-refractivity contribution is 0.102. The predicted octanol–water partition coefficient (Wildman–Crippen LogP) is 2.97. The summed E-state index contributed by atoms with van der Waals surface area (Å²) in [5.41, 5.74) is 1.53. The van der Waals surface area contributed by atoms with E-state index in [1.165, 1.54) is 4.90 Å². The third-order valence-corrected chi connectivity index (χ3v) is 4.61. The molecular weight excluding hydrogens is 382 g/mol. The number of rotatable bonds is 8. The molecule has 0 fully saturated rings. The van der Waals surface area contributed by atoms with Crippen molar-refractivity contribution in [1.82, 2.24) is 19.4 Å². The van der Waals surface area contributed by atoms with Crippen molar-refractivity contribution in [1.29, 1.82) is 10.8 Å². The number of aromatic nitrogens is 3. The third kappa shape index (κ3) is 4.52. The second-order valence-electron chi connectivity index (χ2n) is 6.97. The summed E-state index contributed by atoms with van der Waals surface area (Å²) in [5.74, 6) is 0.0135. The zero-order valence-electron chi connectivity index (χ0n) is 17.2. The molecule has 3 aromatic rings. The lowest BCUT2D eigenvalue weighted by Crippen LogP contribution is -2.36. The van der Waals surface area contributed by atoms with E-state index in [0.717, 1.165) is 17.2 Å². The van der Waals surface area contributed by atoms with Crippen LogP contribution in [0, 0.1) is 10.8 Å². The number of anilines is 1. The summed E-state index contributed by atoms with van der Waals surface area (Å²) < 4.78 is 7.14. The first kappa shape index (κ1) is 21.1. The van der Waals surface area contributed by atoms with Crippen molar-refractivity contribution in [2.45, 2.75) is 26.4 Å². The van der Waals surface area contributed by atoms with Crippen LogP contribution in [0.1, 0.15) is 30.0 Å². The first-order valence-corrected chi connectivity index (χ1v) is 9.54. The Morgan fingerprint density at radius 1 is 1.33 bits per heavy atom. The van der Waals surface area contributed by atoms with Gasteiger partial charge in [0, 0.05) is 37.5 Å². The van der Waals surface area contributed by atoms with Crippen molar-refractivity contribution in [3.8, 4) is 0 Å². The molecule has 156 valence electrons. The second-order valence-corrected chi connectivity index (χ2v) is 6.97. The molecule has 0 atom stereocenters. The zero-order valence-corrected chi connectivity index (χ0v) is 17.2. The largest absolute Gasteiger partial charge is 0.383 e. The molecule has 3 N–H and O–H groups in total. The van der Waals surface area contributed by atoms with Crippen LogP contribution in [0.2, 0.25) is 0 Å². The van der Waals surface area contributed by atoms with E-state index in [2.05, 4.69) is 15.3 Å². The van der Waals surface area contributed by atoms with E-state index in [9.17, 15) is 4.79 Å². The molecule has 0 bridgehead atoms. The monoisotopic (exact) mass is 407 g/mol. The molecule has 30 heavy (non-hydrogen) atoms. The molecule has 0 spiro atoms. The highest BCUT2D eigenvalue weighted by Gasteiger charge is 2.16. The van der Waals surface area contributed by atoms with E-state index >= 15 is 0 Å². The van der Waals surface area contributed by atoms with Gasteiger partial charge in [-0.1, -0.05) is 6.07 Å². The van der Waals surface area contributed by atoms with Crippen molar-refractivity contribution >= 4 is 34.8 Å². The number of amidine groups is 1. The van der Waals surface area contributed by atoms with Gasteiger partial charge in [-0.2, -0.15) is 0 Å². The number of ether oxygens (including phenoxy) is 1. The molecular formula is C21H25N7O2. The molecule has 0 unspecified atom stereocenters. The van der Waals surface area contributed by atoms with Gasteiger partial charge in [0.1, 0.15) is 17.2 Å². The Labute approximate surface area is 174 Å². The van der Waals surface area contributed by atoms with Crippen molar-refractivity contribution in [3.05, 3.63) is 54.1 Å². The van der Waals surface area contributed by atoms with E-state index in [4.69, 9.17) is 15.6 Å². The molecule has 0 aliphatic rings. The quantitative estimate of drug-likeness (QED) is 0.392. The molecule has 0 aliphatic heterocycles. The molecule has 3 aromatic heterocycles. The highest BCUT2D eigenvalue weighted by atomic mass is 16.5. The Hall–Kier alpha value is -3.59. The minimum absolute atomic E-state index is 0.0553. The first-order valence-electron chi connectivity index (χ1n) is 9.54. The highest BCUT2D eigenvalue weighted by molar-refractivity contribution is 6.05. The molecule has 0 saturated heterocycles. The number of methoxy groups -OCH3 is 1. The standard InChI is InChI=1S/C21H25N7O2/c1-14(2)28(13-22)20(23)16-5-4-6-19(25-16)26-21(29)17-11-18-15(12-24-17)7-8-27(18)9-10-30-3/h4-8,11-14,22-23H,9-10H2,1-3H3,(H,25,26,29). The molecule has 9 nitrogen and oxygen atoms in total. The van der Waals surface area contributed by atoms with Crippen LogP contribution >= 0.6 is 0 Å². The van der Waals surface area contributed by atoms with E-state index in [0.29, 0.717) is 24.7 Å². The Bertz CT molecular complexity index is 1070. The molecule has 0 aliphatic carbocycles. The van der Waals surface area contributed by atoms with Gasteiger partial charge in [0.25, 0.3) is 5.91 Å². The summed E-state index contributed by atoms with van der Waals surface area (Å²) in [6, 6.07) is 8.66. The summed E-state index contributed by atoms with van der Waals surface area (Å²) >= 11 is 0. The van der Waals surface area contributed by atoms with Crippen LogP contribution in [-0.4, -0.2) is 57.3 Å². The van der Waals surface area contributed by atoms with Gasteiger partial charge in [0.15, 0.2) is 5.84 Å². The van der Waals surface area contributed by atoms with E-state index in [1.54, 1.807) is 37.6 Å². The van der Waals surface area contributed by atoms with Crippen LogP contribution in [0.4, 0.5) is 5.82 Å². The summed E-state index contributed by atoms with van der Waals surface area (Å²) in [6.07, 6.45) is 4.70. The number of pyridine rings is 2. The number of carbonyl (C=O) groups excluding carboxylic acids is 1. The normalized spacial score (nSPS) is 10.9. The number of nitrogens with zero attached hydrogens (tertiary/aromatic N) is 4. The Morgan fingerprint density at radius 2 is 2.13 bits per heavy atom. The minimum Gasteiger partial charge on any atom is -0.383 e. The first-order chi connectivity index (χ1) is 14.4. The number of nitrogens with one attached hydrogen (secondary N) is 3. The minimum atomic E-state index is -0.389. The lowest BCUT2D eigenvalue weighted by Gasteiger charge is -2.23. The summed E-state index contributed by atoms with van der Waals surface area (Å²) in [4.78, 5) is 22.8. The van der Waals surface area contributed by atoms with Crippen LogP contribution in [0.3, 0.4) is 0 Å². The van der Waals surface area contributed by atoms with Gasteiger partial charge in [-0.3, -0.25) is 20.6 Å². The number of hydrogen-bond donors (Lipinski definition) is 3. The average Bonchev–Trinajstić information content (AvgIpc) is 3.14. The van der Waals surface area contributed by atoms with Crippen LogP contribution in [0.15, 0.2) is 42.7 Å². The van der Waals surface area contributed by atoms with Gasteiger partial charge in [-0.15, -0.1) is 0 Å². The third-order valence-electron chi connectivity index (χ3n) is 4.61. The van der Waals surface area contributed by atoms with E-state index in [-0.39, 0.29) is 23.5 Å². The maximum atomic E-state index is 12.7. The highest BCUT2D eigenvalue weighted by Crippen LogP contribution is 2.17. The molecule has 1 amide bonds. The van der Waals surface area contributed by atoms with Crippen LogP contribution in [0.25, 0.3) is 10.9 Å². The Kier molecular flexibility index (Phi) is 6.53. The van der Waals surface area contributed by atoms with Crippen LogP contribution in [0.5, 0.6) is 0 Å². The molecule has 3 rings (SSSR count). The zero-order chi connectivity index (χ0) is 21.7. The average molecular weight is 407 g/mol. The summed E-state index contributed by atoms with van der Waals surface area (Å²) in [7, 11) is 1.65. The number of carbonyl (C=O) groups is 1. The van der Waals surface area contributed by atoms with Crippen molar-refractivity contribution < 1.29 is 9.53 Å². The molecule has 9 heteroatoms. The van der Waals surface area contributed by atoms with E-state index in [1.807, 2.05) is 30.7 Å². The SMILES string of the molecule is COCCn1ccc2cnc(C(=O)Nc3cccc(C(=N)N(C=N)C(C)C)n3)cc21. The van der Waals surface area contributed by atoms with Gasteiger partial charge in [-0.25, -0.2) is 4.98 Å². The van der Waals surface area contributed by atoms with Gasteiger partial charge in [0.2, 0.25) is 0 Å². The number of hydrogen-bond acceptors (Lipinski definition) is 6. The van der Waals surface area contributed by atoms with Gasteiger partial charge < -0.3 is 19.5 Å². The molecule has 3 heterocycles. The fourth-order valence-electron chi connectivity index (χ4n) is 3.01. The topological polar surface area (TPSA) is 120 Å². The summed E-state index contributed by atoms with van der Waals surface area (Å²) in [6.45, 7) is 5.01. The van der Waals surface area contributed by atoms with Gasteiger partial charge in [-0.05, 0) is 38.1 Å². The van der Waals surface area contributed by atoms with Crippen molar-refractivity contribution in [2.75, 3.05) is 19.0 Å². The second kappa shape index (κ2) is 9.27. The smallest absolute Gasteiger partial charge is 0.275 e. The van der Waals surface area contributed by atoms with Crippen LogP contribution < -0.4 is 5.32 Å². The maximum absolute atomic E-state index is 12.7. The number of amides is 1. The van der Waals surface area contributed by atoms with Gasteiger partial charge >= 0.3 is 0 Å². The maximum Gasteiger partial charge on any atom is 0.275 e. The Morgan fingerprint density at radius 3 is 2.83 bits per heavy atom. The molecule has 0 aromatic carbocycles. The van der Waals surface area contributed by atoms with Gasteiger partial charge in [0.05, 0.1) is 18.5 Å². The van der Waals surface area contributed by atoms with Crippen LogP contribution in [-0.2, 0) is 11.3 Å². The predicted molar refractivity (Wildman–Crippen MR) is 116 cm³/mol. The van der Waals surface area contributed by atoms with Crippen molar-refractivity contribution in [3.63, 3.8) is 0 Å². The van der Waals surface area contributed by atoms with E-state index < -0.39 is 0 Å². The lowest BCUT2D eigenvalue weighted by atomic mass is 10.2. The Balaban J connectivity index is 1.80.